The minimum Gasteiger partial charge on any atom is -0.0991 e. The molecule has 0 aliphatic heterocycles. The smallest absolute Gasteiger partial charge is 0.0279 e. The molecule has 0 rings (SSSR count). The number of allylic oxidation sites excluding steroid dienone is 7. The van der Waals surface area contributed by atoms with E-state index in [0.717, 1.165) is 0 Å². The maximum absolute atomic E-state index is 3.63. The van der Waals surface area contributed by atoms with E-state index in [0.29, 0.717) is 0 Å². The monoisotopic (exact) mass is 236 g/mol. The molecule has 0 amide bonds. The summed E-state index contributed by atoms with van der Waals surface area (Å²) in [6, 6.07) is 0. The molecule has 0 unspecified atom stereocenters. The van der Waals surface area contributed by atoms with E-state index >= 15 is 0 Å². The van der Waals surface area contributed by atoms with E-state index in [2.05, 4.69) is 38.7 Å². The molecule has 0 aliphatic rings. The number of hydrogen-bond donors (Lipinski definition) is 0. The topological polar surface area (TPSA) is 0 Å². The standard InChI is InChI=1S/C13H20.2C2H6/c1-4-7-9-12-13(10-6-3)11-8-5-2;2*1-2/h4,6-7,9-10,12H,1,5,8,11H2,2-3H3;2*1-2H3/b9-7+,10-6+,13-12-;;. The molecule has 0 fully saturated rings. The number of hydrogen-bond acceptors (Lipinski definition) is 0. The SMILES string of the molecule is C=C/C=C/C=C(/C=C/C)CCCC.CC.CC. The first-order chi connectivity index (χ1) is 8.35. The molecule has 0 spiro atoms. The molecule has 0 aromatic heterocycles. The summed E-state index contributed by atoms with van der Waals surface area (Å²) in [6.45, 7) is 15.9. The maximum Gasteiger partial charge on any atom is -0.0279 e. The summed E-state index contributed by atoms with van der Waals surface area (Å²) in [4.78, 5) is 0. The lowest BCUT2D eigenvalue weighted by Crippen LogP contribution is -1.78. The molecule has 0 bridgehead atoms. The van der Waals surface area contributed by atoms with Crippen molar-refractivity contribution in [3.63, 3.8) is 0 Å². The zero-order valence-corrected chi connectivity index (χ0v) is 12.8. The van der Waals surface area contributed by atoms with Crippen molar-refractivity contribution in [2.75, 3.05) is 0 Å². The van der Waals surface area contributed by atoms with E-state index in [1.807, 2.05) is 39.8 Å². The van der Waals surface area contributed by atoms with E-state index in [1.54, 1.807) is 6.08 Å². The van der Waals surface area contributed by atoms with Crippen LogP contribution in [0.15, 0.2) is 48.6 Å². The maximum atomic E-state index is 3.63. The molecule has 0 aromatic carbocycles. The second kappa shape index (κ2) is 24.3. The van der Waals surface area contributed by atoms with Gasteiger partial charge in [0, 0.05) is 0 Å². The number of unbranched alkanes of at least 4 members (excludes halogenated alkanes) is 1. The predicted molar refractivity (Wildman–Crippen MR) is 84.5 cm³/mol. The first-order valence-corrected chi connectivity index (χ1v) is 6.96. The lowest BCUT2D eigenvalue weighted by atomic mass is 10.1. The first kappa shape index (κ1) is 21.3. The highest BCUT2D eigenvalue weighted by atomic mass is 13.9. The van der Waals surface area contributed by atoms with Crippen LogP contribution in [-0.2, 0) is 0 Å². The van der Waals surface area contributed by atoms with Crippen molar-refractivity contribution in [1.29, 1.82) is 0 Å². The summed E-state index contributed by atoms with van der Waals surface area (Å²) in [5, 5.41) is 0. The second-order valence-electron chi connectivity index (χ2n) is 2.97. The highest BCUT2D eigenvalue weighted by Crippen LogP contribution is 2.08. The van der Waals surface area contributed by atoms with Gasteiger partial charge in [0.2, 0.25) is 0 Å². The summed E-state index contributed by atoms with van der Waals surface area (Å²) in [5.41, 5.74) is 1.39. The molecule has 0 N–H and O–H groups in total. The van der Waals surface area contributed by atoms with Crippen LogP contribution in [0.25, 0.3) is 0 Å². The zero-order chi connectivity index (χ0) is 13.9. The van der Waals surface area contributed by atoms with Gasteiger partial charge in [0.05, 0.1) is 0 Å². The number of rotatable bonds is 6. The first-order valence-electron chi connectivity index (χ1n) is 6.96. The largest absolute Gasteiger partial charge is 0.0991 e. The van der Waals surface area contributed by atoms with E-state index < -0.39 is 0 Å². The van der Waals surface area contributed by atoms with Crippen molar-refractivity contribution in [3.05, 3.63) is 48.6 Å². The van der Waals surface area contributed by atoms with Crippen molar-refractivity contribution < 1.29 is 0 Å². The van der Waals surface area contributed by atoms with Gasteiger partial charge in [-0.1, -0.05) is 84.1 Å². The third-order valence-corrected chi connectivity index (χ3v) is 1.76. The Kier molecular flexibility index (Phi) is 30.4. The van der Waals surface area contributed by atoms with Crippen LogP contribution in [0.2, 0.25) is 0 Å². The van der Waals surface area contributed by atoms with Gasteiger partial charge in [0.15, 0.2) is 0 Å². The molecule has 0 radical (unpaired) electrons. The molecule has 0 saturated heterocycles. The van der Waals surface area contributed by atoms with Crippen molar-refractivity contribution in [1.82, 2.24) is 0 Å². The van der Waals surface area contributed by atoms with Gasteiger partial charge in [0.25, 0.3) is 0 Å². The quantitative estimate of drug-likeness (QED) is 0.463. The molecular weight excluding hydrogens is 204 g/mol. The summed E-state index contributed by atoms with van der Waals surface area (Å²) in [7, 11) is 0. The molecule has 0 heteroatoms. The minimum absolute atomic E-state index is 1.17. The summed E-state index contributed by atoms with van der Waals surface area (Å²) in [6.07, 6.45) is 15.9. The van der Waals surface area contributed by atoms with Crippen molar-refractivity contribution in [2.24, 2.45) is 0 Å². The van der Waals surface area contributed by atoms with Gasteiger partial charge in [0.1, 0.15) is 0 Å². The Bertz CT molecular complexity index is 204. The highest BCUT2D eigenvalue weighted by Gasteiger charge is 1.89. The Morgan fingerprint density at radius 3 is 2.06 bits per heavy atom. The third-order valence-electron chi connectivity index (χ3n) is 1.76. The van der Waals surface area contributed by atoms with Crippen LogP contribution in [0.1, 0.15) is 60.8 Å². The van der Waals surface area contributed by atoms with Crippen LogP contribution < -0.4 is 0 Å². The van der Waals surface area contributed by atoms with Gasteiger partial charge >= 0.3 is 0 Å². The fourth-order valence-corrected chi connectivity index (χ4v) is 1.07. The van der Waals surface area contributed by atoms with Crippen molar-refractivity contribution >= 4 is 0 Å². The van der Waals surface area contributed by atoms with E-state index in [-0.39, 0.29) is 0 Å². The van der Waals surface area contributed by atoms with E-state index in [4.69, 9.17) is 0 Å². The van der Waals surface area contributed by atoms with Crippen molar-refractivity contribution in [2.45, 2.75) is 60.8 Å². The van der Waals surface area contributed by atoms with E-state index in [1.165, 1.54) is 24.8 Å². The fourth-order valence-electron chi connectivity index (χ4n) is 1.07. The molecule has 17 heavy (non-hydrogen) atoms. The average molecular weight is 236 g/mol. The molecule has 0 aromatic rings. The predicted octanol–water partition coefficient (Wildman–Crippen LogP) is 6.47. The van der Waals surface area contributed by atoms with Crippen LogP contribution in [0.4, 0.5) is 0 Å². The summed E-state index contributed by atoms with van der Waals surface area (Å²) >= 11 is 0. The molecule has 0 nitrogen and oxygen atoms in total. The lowest BCUT2D eigenvalue weighted by molar-refractivity contribution is 0.798. The molecule has 0 atom stereocenters. The summed E-state index contributed by atoms with van der Waals surface area (Å²) < 4.78 is 0. The van der Waals surface area contributed by atoms with Crippen LogP contribution in [0, 0.1) is 0 Å². The van der Waals surface area contributed by atoms with Crippen LogP contribution >= 0.6 is 0 Å². The molecule has 0 heterocycles. The Morgan fingerprint density at radius 2 is 1.65 bits per heavy atom. The minimum atomic E-state index is 1.17. The van der Waals surface area contributed by atoms with Crippen LogP contribution in [0.3, 0.4) is 0 Å². The van der Waals surface area contributed by atoms with Gasteiger partial charge in [-0.05, 0) is 25.3 Å². The lowest BCUT2D eigenvalue weighted by Gasteiger charge is -1.98. The van der Waals surface area contributed by atoms with E-state index in [9.17, 15) is 0 Å². The highest BCUT2D eigenvalue weighted by molar-refractivity contribution is 5.24. The normalized spacial score (nSPS) is 10.6. The molecule has 100 valence electrons. The Labute approximate surface area is 110 Å². The van der Waals surface area contributed by atoms with Gasteiger partial charge in [-0.3, -0.25) is 0 Å². The zero-order valence-electron chi connectivity index (χ0n) is 12.8. The molecule has 0 aliphatic carbocycles. The summed E-state index contributed by atoms with van der Waals surface area (Å²) in [5.74, 6) is 0. The third kappa shape index (κ3) is 20.9. The second-order valence-corrected chi connectivity index (χ2v) is 2.97. The molecule has 0 saturated carbocycles. The van der Waals surface area contributed by atoms with Crippen LogP contribution in [-0.4, -0.2) is 0 Å². The average Bonchev–Trinajstić information content (AvgIpc) is 2.41. The van der Waals surface area contributed by atoms with Crippen LogP contribution in [0.5, 0.6) is 0 Å². The van der Waals surface area contributed by atoms with Gasteiger partial charge < -0.3 is 0 Å². The Balaban J connectivity index is -0.000000439. The van der Waals surface area contributed by atoms with Gasteiger partial charge in [-0.25, -0.2) is 0 Å². The van der Waals surface area contributed by atoms with Gasteiger partial charge in [-0.2, -0.15) is 0 Å². The van der Waals surface area contributed by atoms with Crippen molar-refractivity contribution in [3.8, 4) is 0 Å². The Morgan fingerprint density at radius 1 is 1.06 bits per heavy atom. The fraction of sp³-hybridized carbons (Fsp3) is 0.529. The van der Waals surface area contributed by atoms with Gasteiger partial charge in [-0.15, -0.1) is 0 Å². The Hall–Kier alpha value is -1.04. The molecular formula is C17H32.